The summed E-state index contributed by atoms with van der Waals surface area (Å²) in [6.45, 7) is 3.80. The van der Waals surface area contributed by atoms with Gasteiger partial charge in [-0.05, 0) is 30.4 Å². The van der Waals surface area contributed by atoms with Crippen molar-refractivity contribution in [1.82, 2.24) is 9.62 Å². The summed E-state index contributed by atoms with van der Waals surface area (Å²) in [4.78, 5) is 24.6. The molecule has 1 fully saturated rings. The Bertz CT molecular complexity index is 775. The SMILES string of the molecule is C[C@@H]1[C@H](C)CCC[C@H]1NC(=O)CN1C(=O)c2ccccc2S1(=O)=O. The number of amides is 2. The van der Waals surface area contributed by atoms with E-state index < -0.39 is 28.4 Å². The van der Waals surface area contributed by atoms with Crippen LogP contribution in [0.15, 0.2) is 29.2 Å². The van der Waals surface area contributed by atoms with Crippen molar-refractivity contribution < 1.29 is 18.0 Å². The molecule has 1 aliphatic heterocycles. The third-order valence-corrected chi connectivity index (χ3v) is 7.04. The molecule has 2 aliphatic rings. The van der Waals surface area contributed by atoms with E-state index in [2.05, 4.69) is 19.2 Å². The van der Waals surface area contributed by atoms with Crippen LogP contribution in [0.25, 0.3) is 0 Å². The fraction of sp³-hybridized carbons (Fsp3) is 0.529. The van der Waals surface area contributed by atoms with Crippen LogP contribution >= 0.6 is 0 Å². The first-order valence-corrected chi connectivity index (χ1v) is 9.72. The summed E-state index contributed by atoms with van der Waals surface area (Å²) in [5.41, 5.74) is 0.130. The molecule has 0 spiro atoms. The van der Waals surface area contributed by atoms with Crippen LogP contribution in [0.1, 0.15) is 43.5 Å². The second-order valence-corrected chi connectivity index (χ2v) is 8.59. The lowest BCUT2D eigenvalue weighted by Gasteiger charge is -2.34. The van der Waals surface area contributed by atoms with Crippen molar-refractivity contribution in [3.05, 3.63) is 29.8 Å². The zero-order chi connectivity index (χ0) is 17.5. The Morgan fingerprint density at radius 3 is 2.67 bits per heavy atom. The van der Waals surface area contributed by atoms with Crippen molar-refractivity contribution in [2.45, 2.75) is 44.0 Å². The van der Waals surface area contributed by atoms with Crippen molar-refractivity contribution in [2.24, 2.45) is 11.8 Å². The van der Waals surface area contributed by atoms with Crippen molar-refractivity contribution in [1.29, 1.82) is 0 Å². The first kappa shape index (κ1) is 17.0. The van der Waals surface area contributed by atoms with Crippen LogP contribution in [0, 0.1) is 11.8 Å². The molecule has 0 unspecified atom stereocenters. The summed E-state index contributed by atoms with van der Waals surface area (Å²) in [5, 5.41) is 2.91. The van der Waals surface area contributed by atoms with E-state index in [0.29, 0.717) is 16.1 Å². The van der Waals surface area contributed by atoms with Gasteiger partial charge in [0, 0.05) is 6.04 Å². The lowest BCUT2D eigenvalue weighted by atomic mass is 9.78. The number of benzene rings is 1. The summed E-state index contributed by atoms with van der Waals surface area (Å²) in [5.74, 6) is -0.201. The number of hydrogen-bond acceptors (Lipinski definition) is 4. The standard InChI is InChI=1S/C17H22N2O4S/c1-11-6-5-8-14(12(11)2)18-16(20)10-19-17(21)13-7-3-4-9-15(13)24(19,22)23/h3-4,7,9,11-12,14H,5-6,8,10H2,1-2H3,(H,18,20)/t11-,12-,14-/m1/s1. The Labute approximate surface area is 142 Å². The van der Waals surface area contributed by atoms with Crippen LogP contribution in [0.4, 0.5) is 0 Å². The quantitative estimate of drug-likeness (QED) is 0.900. The highest BCUT2D eigenvalue weighted by molar-refractivity contribution is 7.90. The number of rotatable bonds is 3. The molecule has 1 saturated carbocycles. The van der Waals surface area contributed by atoms with Gasteiger partial charge in [0.15, 0.2) is 0 Å². The van der Waals surface area contributed by atoms with Crippen LogP contribution in [0.5, 0.6) is 0 Å². The van der Waals surface area contributed by atoms with E-state index in [4.69, 9.17) is 0 Å². The normalized spacial score (nSPS) is 28.5. The van der Waals surface area contributed by atoms with Crippen molar-refractivity contribution in [2.75, 3.05) is 6.54 Å². The third-order valence-electron chi connectivity index (χ3n) is 5.25. The van der Waals surface area contributed by atoms with Gasteiger partial charge in [0.2, 0.25) is 5.91 Å². The van der Waals surface area contributed by atoms with E-state index in [1.54, 1.807) is 12.1 Å². The second-order valence-electron chi connectivity index (χ2n) is 6.75. The fourth-order valence-corrected chi connectivity index (χ4v) is 5.08. The maximum atomic E-state index is 12.5. The van der Waals surface area contributed by atoms with Crippen LogP contribution < -0.4 is 5.32 Å². The van der Waals surface area contributed by atoms with Crippen LogP contribution in [0.2, 0.25) is 0 Å². The van der Waals surface area contributed by atoms with Crippen LogP contribution in [0.3, 0.4) is 0 Å². The molecule has 1 aliphatic carbocycles. The molecule has 0 radical (unpaired) electrons. The van der Waals surface area contributed by atoms with Crippen molar-refractivity contribution in [3.8, 4) is 0 Å². The maximum absolute atomic E-state index is 12.5. The van der Waals surface area contributed by atoms with Gasteiger partial charge in [-0.3, -0.25) is 9.59 Å². The fourth-order valence-electron chi connectivity index (χ4n) is 3.56. The molecule has 1 aromatic carbocycles. The molecule has 0 saturated heterocycles. The molecular formula is C17H22N2O4S. The molecule has 0 bridgehead atoms. The highest BCUT2D eigenvalue weighted by Gasteiger charge is 2.42. The monoisotopic (exact) mass is 350 g/mol. The Kier molecular flexibility index (Phi) is 4.38. The number of fused-ring (bicyclic) bond motifs is 1. The number of carbonyl (C=O) groups excluding carboxylic acids is 2. The minimum Gasteiger partial charge on any atom is -0.352 e. The predicted molar refractivity (Wildman–Crippen MR) is 88.8 cm³/mol. The Balaban J connectivity index is 1.73. The first-order chi connectivity index (χ1) is 11.3. The molecule has 130 valence electrons. The molecule has 3 atom stereocenters. The second kappa shape index (κ2) is 6.20. The number of hydrogen-bond donors (Lipinski definition) is 1. The third kappa shape index (κ3) is 2.81. The number of carbonyl (C=O) groups is 2. The molecule has 24 heavy (non-hydrogen) atoms. The number of nitrogens with zero attached hydrogens (tertiary/aromatic N) is 1. The van der Waals surface area contributed by atoms with E-state index in [0.717, 1.165) is 19.3 Å². The molecule has 6 nitrogen and oxygen atoms in total. The van der Waals surface area contributed by atoms with Gasteiger partial charge in [0.05, 0.1) is 5.56 Å². The molecular weight excluding hydrogens is 328 g/mol. The van der Waals surface area contributed by atoms with Gasteiger partial charge in [0.1, 0.15) is 11.4 Å². The summed E-state index contributed by atoms with van der Waals surface area (Å²) in [6.07, 6.45) is 3.07. The van der Waals surface area contributed by atoms with Crippen molar-refractivity contribution >= 4 is 21.8 Å². The molecule has 2 amide bonds. The molecule has 1 aromatic rings. The van der Waals surface area contributed by atoms with E-state index in [1.165, 1.54) is 12.1 Å². The number of sulfonamides is 1. The first-order valence-electron chi connectivity index (χ1n) is 8.28. The van der Waals surface area contributed by atoms with Gasteiger partial charge >= 0.3 is 0 Å². The van der Waals surface area contributed by atoms with Crippen LogP contribution in [-0.2, 0) is 14.8 Å². The summed E-state index contributed by atoms with van der Waals surface area (Å²) < 4.78 is 25.6. The summed E-state index contributed by atoms with van der Waals surface area (Å²) in [7, 11) is -3.93. The largest absolute Gasteiger partial charge is 0.352 e. The lowest BCUT2D eigenvalue weighted by molar-refractivity contribution is -0.122. The van der Waals surface area contributed by atoms with Gasteiger partial charge in [0.25, 0.3) is 15.9 Å². The average molecular weight is 350 g/mol. The van der Waals surface area contributed by atoms with Gasteiger partial charge in [-0.15, -0.1) is 0 Å². The van der Waals surface area contributed by atoms with Crippen LogP contribution in [-0.4, -0.2) is 37.1 Å². The zero-order valence-corrected chi connectivity index (χ0v) is 14.7. The summed E-state index contributed by atoms with van der Waals surface area (Å²) in [6, 6.07) is 6.08. The van der Waals surface area contributed by atoms with Gasteiger partial charge in [-0.25, -0.2) is 12.7 Å². The minimum atomic E-state index is -3.93. The minimum absolute atomic E-state index is 0.0255. The molecule has 3 rings (SSSR count). The Morgan fingerprint density at radius 2 is 1.96 bits per heavy atom. The molecule has 1 heterocycles. The predicted octanol–water partition coefficient (Wildman–Crippen LogP) is 1.77. The van der Waals surface area contributed by atoms with E-state index in [1.807, 2.05) is 0 Å². The van der Waals surface area contributed by atoms with Crippen molar-refractivity contribution in [3.63, 3.8) is 0 Å². The average Bonchev–Trinajstić information content (AvgIpc) is 2.73. The van der Waals surface area contributed by atoms with Gasteiger partial charge in [-0.1, -0.05) is 38.8 Å². The smallest absolute Gasteiger partial charge is 0.269 e. The zero-order valence-electron chi connectivity index (χ0n) is 13.9. The maximum Gasteiger partial charge on any atom is 0.269 e. The highest BCUT2D eigenvalue weighted by Crippen LogP contribution is 2.31. The van der Waals surface area contributed by atoms with E-state index >= 15 is 0 Å². The van der Waals surface area contributed by atoms with E-state index in [-0.39, 0.29) is 16.5 Å². The van der Waals surface area contributed by atoms with Gasteiger partial charge < -0.3 is 5.32 Å². The molecule has 0 aromatic heterocycles. The lowest BCUT2D eigenvalue weighted by Crippen LogP contribution is -2.48. The number of nitrogens with one attached hydrogen (secondary N) is 1. The highest BCUT2D eigenvalue weighted by atomic mass is 32.2. The molecule has 7 heteroatoms. The Hall–Kier alpha value is -1.89. The molecule has 1 N–H and O–H groups in total. The van der Waals surface area contributed by atoms with E-state index in [9.17, 15) is 18.0 Å². The Morgan fingerprint density at radius 1 is 1.25 bits per heavy atom. The topological polar surface area (TPSA) is 83.6 Å². The van der Waals surface area contributed by atoms with Gasteiger partial charge in [-0.2, -0.15) is 0 Å². The summed E-state index contributed by atoms with van der Waals surface area (Å²) >= 11 is 0.